The number of ether oxygens (including phenoxy) is 1. The molecule has 0 spiro atoms. The normalized spacial score (nSPS) is 23.3. The number of nitrogens with one attached hydrogen (secondary N) is 1. The molecule has 0 radical (unpaired) electrons. The van der Waals surface area contributed by atoms with Crippen LogP contribution in [0.25, 0.3) is 0 Å². The van der Waals surface area contributed by atoms with E-state index in [4.69, 9.17) is 4.74 Å². The summed E-state index contributed by atoms with van der Waals surface area (Å²) in [7, 11) is 0. The van der Waals surface area contributed by atoms with Crippen molar-refractivity contribution >= 4 is 18.1 Å². The first-order valence-electron chi connectivity index (χ1n) is 8.85. The van der Waals surface area contributed by atoms with Crippen LogP contribution < -0.4 is 5.32 Å². The molecule has 0 aromatic heterocycles. The third kappa shape index (κ3) is 5.55. The lowest BCUT2D eigenvalue weighted by Gasteiger charge is -2.27. The highest BCUT2D eigenvalue weighted by molar-refractivity contribution is 5.90. The van der Waals surface area contributed by atoms with Gasteiger partial charge in [-0.2, -0.15) is 13.2 Å². The quantitative estimate of drug-likeness (QED) is 0.697. The number of hydrogen-bond donors (Lipinski definition) is 1. The molecule has 0 aromatic carbocycles. The molecule has 9 heteroatoms. The average molecular weight is 374 g/mol. The van der Waals surface area contributed by atoms with E-state index in [1.54, 1.807) is 6.20 Å². The van der Waals surface area contributed by atoms with Crippen LogP contribution in [0.5, 0.6) is 0 Å². The number of aliphatic imine (C=N–C) groups is 2. The van der Waals surface area contributed by atoms with Crippen LogP contribution in [0.3, 0.4) is 0 Å². The minimum atomic E-state index is -4.31. The standard InChI is InChI=1S/C17H25F3N4O2/c1-3-12-9-21-15(25)8-14(12)26-7-5-6-24(4-2)16-22-10-13(11-23-16)17(18,19)20/h9-10,13-14H,3-8,11H2,1-2H3,(H,21,25). The summed E-state index contributed by atoms with van der Waals surface area (Å²) in [6.07, 6.45) is -0.0928. The summed E-state index contributed by atoms with van der Waals surface area (Å²) in [5.41, 5.74) is 1.05. The molecule has 2 heterocycles. The molecule has 2 unspecified atom stereocenters. The van der Waals surface area contributed by atoms with Crippen molar-refractivity contribution in [2.24, 2.45) is 15.9 Å². The van der Waals surface area contributed by atoms with Crippen molar-refractivity contribution in [2.45, 2.75) is 45.4 Å². The molecule has 146 valence electrons. The number of nitrogens with zero attached hydrogens (tertiary/aromatic N) is 3. The number of carbonyl (C=O) groups excluding carboxylic acids is 1. The Balaban J connectivity index is 1.78. The van der Waals surface area contributed by atoms with Crippen molar-refractivity contribution in [3.63, 3.8) is 0 Å². The SMILES string of the molecule is CCC1=CNC(=O)CC1OCCCN(CC)C1=NCC(C(F)(F)F)C=N1. The van der Waals surface area contributed by atoms with Gasteiger partial charge in [0.25, 0.3) is 0 Å². The van der Waals surface area contributed by atoms with Crippen molar-refractivity contribution in [1.82, 2.24) is 10.2 Å². The fourth-order valence-corrected chi connectivity index (χ4v) is 2.80. The second-order valence-electron chi connectivity index (χ2n) is 6.20. The highest BCUT2D eigenvalue weighted by Crippen LogP contribution is 2.26. The van der Waals surface area contributed by atoms with Crippen molar-refractivity contribution in [3.8, 4) is 0 Å². The average Bonchev–Trinajstić information content (AvgIpc) is 2.61. The zero-order chi connectivity index (χ0) is 19.2. The summed E-state index contributed by atoms with van der Waals surface area (Å²) < 4.78 is 43.7. The van der Waals surface area contributed by atoms with Crippen LogP contribution in [0.15, 0.2) is 21.8 Å². The third-order valence-electron chi connectivity index (χ3n) is 4.39. The number of amides is 1. The van der Waals surface area contributed by atoms with Crippen molar-refractivity contribution in [3.05, 3.63) is 11.8 Å². The van der Waals surface area contributed by atoms with Gasteiger partial charge < -0.3 is 15.0 Å². The topological polar surface area (TPSA) is 66.3 Å². The summed E-state index contributed by atoms with van der Waals surface area (Å²) in [5, 5.41) is 2.69. The zero-order valence-electron chi connectivity index (χ0n) is 15.1. The lowest BCUT2D eigenvalue weighted by Crippen LogP contribution is -2.37. The Morgan fingerprint density at radius 2 is 2.15 bits per heavy atom. The van der Waals surface area contributed by atoms with Gasteiger partial charge in [-0.25, -0.2) is 4.99 Å². The van der Waals surface area contributed by atoms with E-state index in [1.165, 1.54) is 0 Å². The van der Waals surface area contributed by atoms with Gasteiger partial charge in [0.05, 0.1) is 19.1 Å². The first-order chi connectivity index (χ1) is 12.3. The summed E-state index contributed by atoms with van der Waals surface area (Å²) in [6.45, 7) is 5.21. The zero-order valence-corrected chi connectivity index (χ0v) is 15.1. The Kier molecular flexibility index (Phi) is 7.19. The van der Waals surface area contributed by atoms with Gasteiger partial charge in [-0.05, 0) is 25.3 Å². The summed E-state index contributed by atoms with van der Waals surface area (Å²) in [5.74, 6) is -1.34. The van der Waals surface area contributed by atoms with E-state index in [9.17, 15) is 18.0 Å². The van der Waals surface area contributed by atoms with E-state index >= 15 is 0 Å². The molecule has 26 heavy (non-hydrogen) atoms. The van der Waals surface area contributed by atoms with Crippen molar-refractivity contribution in [1.29, 1.82) is 0 Å². The number of rotatable bonds is 7. The van der Waals surface area contributed by atoms with E-state index in [1.807, 2.05) is 18.7 Å². The van der Waals surface area contributed by atoms with E-state index < -0.39 is 12.1 Å². The lowest BCUT2D eigenvalue weighted by molar-refractivity contribution is -0.151. The first-order valence-corrected chi connectivity index (χ1v) is 8.85. The van der Waals surface area contributed by atoms with Crippen LogP contribution >= 0.6 is 0 Å². The summed E-state index contributed by atoms with van der Waals surface area (Å²) in [6, 6.07) is 0. The van der Waals surface area contributed by atoms with Gasteiger partial charge in [-0.15, -0.1) is 0 Å². The Labute approximate surface area is 151 Å². The van der Waals surface area contributed by atoms with Crippen LogP contribution in [0, 0.1) is 5.92 Å². The largest absolute Gasteiger partial charge is 0.398 e. The van der Waals surface area contributed by atoms with Crippen LogP contribution in [-0.2, 0) is 9.53 Å². The third-order valence-corrected chi connectivity index (χ3v) is 4.39. The second kappa shape index (κ2) is 9.16. The molecule has 0 fully saturated rings. The smallest absolute Gasteiger partial charge is 0.373 e. The Hall–Kier alpha value is -1.90. The van der Waals surface area contributed by atoms with Gasteiger partial charge in [0.15, 0.2) is 0 Å². The molecule has 2 aliphatic rings. The van der Waals surface area contributed by atoms with Gasteiger partial charge in [0.2, 0.25) is 11.9 Å². The minimum Gasteiger partial charge on any atom is -0.373 e. The van der Waals surface area contributed by atoms with Crippen molar-refractivity contribution in [2.75, 3.05) is 26.2 Å². The fourth-order valence-electron chi connectivity index (χ4n) is 2.80. The number of alkyl halides is 3. The molecule has 0 aliphatic carbocycles. The molecule has 2 atom stereocenters. The summed E-state index contributed by atoms with van der Waals surface area (Å²) >= 11 is 0. The maximum atomic E-state index is 12.6. The van der Waals surface area contributed by atoms with Crippen LogP contribution in [0.4, 0.5) is 13.2 Å². The van der Waals surface area contributed by atoms with Crippen molar-refractivity contribution < 1.29 is 22.7 Å². The van der Waals surface area contributed by atoms with Gasteiger partial charge in [0, 0.05) is 32.1 Å². The van der Waals surface area contributed by atoms with E-state index in [0.29, 0.717) is 38.5 Å². The molecular formula is C17H25F3N4O2. The van der Waals surface area contributed by atoms with Gasteiger partial charge in [-0.1, -0.05) is 6.92 Å². The fraction of sp³-hybridized carbons (Fsp3) is 0.706. The predicted octanol–water partition coefficient (Wildman–Crippen LogP) is 2.52. The predicted molar refractivity (Wildman–Crippen MR) is 93.1 cm³/mol. The Morgan fingerprint density at radius 1 is 1.38 bits per heavy atom. The molecule has 0 bridgehead atoms. The Morgan fingerprint density at radius 3 is 2.73 bits per heavy atom. The molecule has 2 rings (SSSR count). The highest BCUT2D eigenvalue weighted by atomic mass is 19.4. The monoisotopic (exact) mass is 374 g/mol. The molecule has 0 aromatic rings. The molecule has 1 N–H and O–H groups in total. The lowest BCUT2D eigenvalue weighted by atomic mass is 10.0. The van der Waals surface area contributed by atoms with Gasteiger partial charge >= 0.3 is 6.18 Å². The second-order valence-corrected chi connectivity index (χ2v) is 6.20. The van der Waals surface area contributed by atoms with Crippen LogP contribution in [-0.4, -0.2) is 61.5 Å². The van der Waals surface area contributed by atoms with Gasteiger partial charge in [0.1, 0.15) is 5.92 Å². The Bertz CT molecular complexity index is 587. The molecule has 0 saturated carbocycles. The molecule has 0 saturated heterocycles. The number of guanidine groups is 1. The van der Waals surface area contributed by atoms with E-state index in [2.05, 4.69) is 15.3 Å². The maximum Gasteiger partial charge on any atom is 0.398 e. The number of halogens is 3. The van der Waals surface area contributed by atoms with Crippen LogP contribution in [0.2, 0.25) is 0 Å². The first kappa shape index (κ1) is 20.4. The molecule has 2 aliphatic heterocycles. The number of carbonyl (C=O) groups is 1. The maximum absolute atomic E-state index is 12.6. The summed E-state index contributed by atoms with van der Waals surface area (Å²) in [4.78, 5) is 21.2. The molecule has 6 nitrogen and oxygen atoms in total. The minimum absolute atomic E-state index is 0.0625. The number of hydrogen-bond acceptors (Lipinski definition) is 5. The van der Waals surface area contributed by atoms with E-state index in [0.717, 1.165) is 18.2 Å². The molecule has 1 amide bonds. The van der Waals surface area contributed by atoms with Crippen LogP contribution in [0.1, 0.15) is 33.1 Å². The highest BCUT2D eigenvalue weighted by Gasteiger charge is 2.39. The molecular weight excluding hydrogens is 349 g/mol. The van der Waals surface area contributed by atoms with Gasteiger partial charge in [-0.3, -0.25) is 9.79 Å². The van der Waals surface area contributed by atoms with E-state index in [-0.39, 0.29) is 18.6 Å².